The van der Waals surface area contributed by atoms with E-state index in [-0.39, 0.29) is 5.41 Å². The Kier molecular flexibility index (Phi) is 6.34. The van der Waals surface area contributed by atoms with Crippen LogP contribution in [0.15, 0.2) is 146 Å². The SMILES string of the molecule is CC1(C)c2cc(-c3ccc(-c4nc(-c5ccccc5)cc(-c5ccccc5)n4)cc3)ccc2Oc2c1ccc1c2sc2ccccc21. The van der Waals surface area contributed by atoms with Gasteiger partial charge in [-0.2, -0.15) is 0 Å². The van der Waals surface area contributed by atoms with Crippen LogP contribution < -0.4 is 4.74 Å². The highest BCUT2D eigenvalue weighted by Crippen LogP contribution is 2.53. The molecule has 0 bridgehead atoms. The van der Waals surface area contributed by atoms with Crippen LogP contribution in [0.2, 0.25) is 0 Å². The van der Waals surface area contributed by atoms with Crippen molar-refractivity contribution in [1.82, 2.24) is 9.97 Å². The van der Waals surface area contributed by atoms with E-state index in [1.54, 1.807) is 0 Å². The van der Waals surface area contributed by atoms with Gasteiger partial charge in [-0.3, -0.25) is 0 Å². The quantitative estimate of drug-likeness (QED) is 0.196. The first-order valence-corrected chi connectivity index (χ1v) is 16.7. The lowest BCUT2D eigenvalue weighted by Gasteiger charge is -2.35. The second-order valence-electron chi connectivity index (χ2n) is 12.6. The summed E-state index contributed by atoms with van der Waals surface area (Å²) < 4.78 is 9.22. The molecule has 4 heteroatoms. The topological polar surface area (TPSA) is 35.0 Å². The number of hydrogen-bond acceptors (Lipinski definition) is 4. The molecule has 2 aromatic heterocycles. The first-order chi connectivity index (χ1) is 23.0. The smallest absolute Gasteiger partial charge is 0.160 e. The Balaban J connectivity index is 1.08. The summed E-state index contributed by atoms with van der Waals surface area (Å²) in [5.41, 5.74) is 9.42. The molecule has 0 unspecified atom stereocenters. The van der Waals surface area contributed by atoms with Gasteiger partial charge in [0.15, 0.2) is 5.82 Å². The van der Waals surface area contributed by atoms with E-state index in [2.05, 4.69) is 123 Å². The molecular weight excluding hydrogens is 593 g/mol. The number of nitrogens with zero attached hydrogens (tertiary/aromatic N) is 2. The molecule has 0 aliphatic carbocycles. The Morgan fingerprint density at radius 3 is 1.83 bits per heavy atom. The van der Waals surface area contributed by atoms with Gasteiger partial charge in [-0.05, 0) is 35.4 Å². The fourth-order valence-electron chi connectivity index (χ4n) is 6.80. The lowest BCUT2D eigenvalue weighted by atomic mass is 9.75. The Hall–Kier alpha value is -5.58. The zero-order valence-corrected chi connectivity index (χ0v) is 26.9. The molecule has 1 aliphatic heterocycles. The summed E-state index contributed by atoms with van der Waals surface area (Å²) in [5.74, 6) is 2.62. The highest BCUT2D eigenvalue weighted by molar-refractivity contribution is 7.26. The summed E-state index contributed by atoms with van der Waals surface area (Å²) in [5, 5.41) is 2.55. The predicted molar refractivity (Wildman–Crippen MR) is 195 cm³/mol. The van der Waals surface area contributed by atoms with Gasteiger partial charge in [0.2, 0.25) is 0 Å². The molecule has 1 aliphatic rings. The van der Waals surface area contributed by atoms with Gasteiger partial charge in [0.1, 0.15) is 11.5 Å². The summed E-state index contributed by atoms with van der Waals surface area (Å²) in [6.45, 7) is 4.61. The molecule has 0 atom stereocenters. The Bertz CT molecular complexity index is 2390. The molecule has 3 heterocycles. The van der Waals surface area contributed by atoms with Crippen LogP contribution in [0.5, 0.6) is 11.5 Å². The Morgan fingerprint density at radius 1 is 0.511 bits per heavy atom. The van der Waals surface area contributed by atoms with E-state index in [1.807, 2.05) is 47.7 Å². The van der Waals surface area contributed by atoms with Gasteiger partial charge in [-0.1, -0.05) is 135 Å². The lowest BCUT2D eigenvalue weighted by molar-refractivity contribution is 0.424. The van der Waals surface area contributed by atoms with Crippen molar-refractivity contribution in [2.75, 3.05) is 0 Å². The fourth-order valence-corrected chi connectivity index (χ4v) is 7.99. The van der Waals surface area contributed by atoms with Crippen molar-refractivity contribution < 1.29 is 4.74 Å². The fraction of sp³-hybridized carbons (Fsp3) is 0.0698. The molecule has 224 valence electrons. The summed E-state index contributed by atoms with van der Waals surface area (Å²) >= 11 is 1.81. The van der Waals surface area contributed by atoms with Crippen LogP contribution in [0.1, 0.15) is 25.0 Å². The largest absolute Gasteiger partial charge is 0.455 e. The number of ether oxygens (including phenoxy) is 1. The molecule has 47 heavy (non-hydrogen) atoms. The molecule has 3 nitrogen and oxygen atoms in total. The van der Waals surface area contributed by atoms with Crippen molar-refractivity contribution in [3.63, 3.8) is 0 Å². The van der Waals surface area contributed by atoms with Gasteiger partial charge < -0.3 is 4.74 Å². The number of thiophene rings is 1. The maximum absolute atomic E-state index is 6.71. The minimum atomic E-state index is -0.219. The second-order valence-corrected chi connectivity index (χ2v) is 13.7. The van der Waals surface area contributed by atoms with Crippen molar-refractivity contribution in [2.45, 2.75) is 19.3 Å². The summed E-state index contributed by atoms with van der Waals surface area (Å²) in [4.78, 5) is 10.0. The van der Waals surface area contributed by atoms with Crippen molar-refractivity contribution in [3.8, 4) is 56.5 Å². The van der Waals surface area contributed by atoms with Crippen molar-refractivity contribution >= 4 is 31.5 Å². The second kappa shape index (κ2) is 10.8. The van der Waals surface area contributed by atoms with Crippen molar-refractivity contribution in [2.24, 2.45) is 0 Å². The first kappa shape index (κ1) is 27.7. The minimum Gasteiger partial charge on any atom is -0.455 e. The number of benzene rings is 6. The highest BCUT2D eigenvalue weighted by Gasteiger charge is 2.36. The molecule has 0 fully saturated rings. The summed E-state index contributed by atoms with van der Waals surface area (Å²) in [6.07, 6.45) is 0. The van der Waals surface area contributed by atoms with Crippen LogP contribution in [0.3, 0.4) is 0 Å². The molecule has 0 amide bonds. The van der Waals surface area contributed by atoms with Gasteiger partial charge in [-0.15, -0.1) is 11.3 Å². The normalized spacial score (nSPS) is 13.2. The monoisotopic (exact) mass is 622 g/mol. The number of hydrogen-bond donors (Lipinski definition) is 0. The first-order valence-electron chi connectivity index (χ1n) is 15.9. The van der Waals surface area contributed by atoms with Crippen molar-refractivity contribution in [3.05, 3.63) is 157 Å². The van der Waals surface area contributed by atoms with Gasteiger partial charge in [0.25, 0.3) is 0 Å². The van der Waals surface area contributed by atoms with E-state index in [9.17, 15) is 0 Å². The van der Waals surface area contributed by atoms with Gasteiger partial charge >= 0.3 is 0 Å². The van der Waals surface area contributed by atoms with E-state index in [1.165, 1.54) is 31.3 Å². The highest BCUT2D eigenvalue weighted by atomic mass is 32.1. The number of aromatic nitrogens is 2. The number of fused-ring (bicyclic) bond motifs is 6. The van der Waals surface area contributed by atoms with E-state index < -0.39 is 0 Å². The van der Waals surface area contributed by atoms with Crippen LogP contribution >= 0.6 is 11.3 Å². The van der Waals surface area contributed by atoms with Crippen LogP contribution in [0.4, 0.5) is 0 Å². The van der Waals surface area contributed by atoms with Crippen LogP contribution in [-0.2, 0) is 5.41 Å². The average molecular weight is 623 g/mol. The molecule has 6 aromatic carbocycles. The minimum absolute atomic E-state index is 0.219. The molecule has 0 spiro atoms. The van der Waals surface area contributed by atoms with E-state index in [4.69, 9.17) is 14.7 Å². The van der Waals surface area contributed by atoms with Crippen LogP contribution in [-0.4, -0.2) is 9.97 Å². The van der Waals surface area contributed by atoms with Gasteiger partial charge in [-0.25, -0.2) is 9.97 Å². The third-order valence-corrected chi connectivity index (χ3v) is 10.6. The maximum Gasteiger partial charge on any atom is 0.160 e. The molecule has 0 N–H and O–H groups in total. The van der Waals surface area contributed by atoms with Crippen LogP contribution in [0.25, 0.3) is 65.2 Å². The molecule has 0 radical (unpaired) electrons. The zero-order valence-electron chi connectivity index (χ0n) is 26.1. The predicted octanol–water partition coefficient (Wildman–Crippen LogP) is 11.9. The summed E-state index contributed by atoms with van der Waals surface area (Å²) in [7, 11) is 0. The molecule has 0 saturated heterocycles. The Morgan fingerprint density at radius 2 is 1.13 bits per heavy atom. The summed E-state index contributed by atoms with van der Waals surface area (Å²) in [6, 6.07) is 51.0. The molecular formula is C43H30N2OS. The third-order valence-electron chi connectivity index (χ3n) is 9.38. The van der Waals surface area contributed by atoms with E-state index >= 15 is 0 Å². The third kappa shape index (κ3) is 4.64. The van der Waals surface area contributed by atoms with Crippen LogP contribution in [0, 0.1) is 0 Å². The molecule has 0 saturated carbocycles. The maximum atomic E-state index is 6.71. The number of rotatable bonds is 4. The van der Waals surface area contributed by atoms with Gasteiger partial charge in [0, 0.05) is 48.7 Å². The standard InChI is InChI=1S/C43H30N2OS/c1-43(2)34-23-22-33-32-15-9-10-16-39(32)47-41(33)40(34)46-38-24-21-31(25-35(38)43)27-17-19-30(20-18-27)42-44-36(28-11-5-3-6-12-28)26-37(45-42)29-13-7-4-8-14-29/h3-26H,1-2H3. The molecule has 9 rings (SSSR count). The van der Waals surface area contributed by atoms with E-state index in [0.29, 0.717) is 5.82 Å². The molecule has 8 aromatic rings. The lowest BCUT2D eigenvalue weighted by Crippen LogP contribution is -2.24. The zero-order chi connectivity index (χ0) is 31.5. The van der Waals surface area contributed by atoms with Gasteiger partial charge in [0.05, 0.1) is 16.1 Å². The average Bonchev–Trinajstić information content (AvgIpc) is 3.52. The Labute approximate surface area is 277 Å². The van der Waals surface area contributed by atoms with Crippen molar-refractivity contribution in [1.29, 1.82) is 0 Å². The van der Waals surface area contributed by atoms with E-state index in [0.717, 1.165) is 50.7 Å².